The average molecular weight is 363 g/mol. The number of rotatable bonds is 7. The molecule has 2 N–H and O–H groups in total. The molecule has 5 nitrogen and oxygen atoms in total. The minimum atomic E-state index is 0.731. The van der Waals surface area contributed by atoms with Crippen molar-refractivity contribution in [2.24, 2.45) is 0 Å². The molecule has 0 unspecified atom stereocenters. The van der Waals surface area contributed by atoms with Crippen LogP contribution in [0.3, 0.4) is 0 Å². The quantitative estimate of drug-likeness (QED) is 0.718. The van der Waals surface area contributed by atoms with Crippen molar-refractivity contribution >= 4 is 17.3 Å². The number of hydrogen-bond donors (Lipinski definition) is 2. The van der Waals surface area contributed by atoms with E-state index in [1.807, 2.05) is 0 Å². The Labute approximate surface area is 156 Å². The molecule has 2 aliphatic heterocycles. The smallest absolute Gasteiger partial charge is 0.166 e. The van der Waals surface area contributed by atoms with Gasteiger partial charge in [0.2, 0.25) is 0 Å². The molecule has 25 heavy (non-hydrogen) atoms. The van der Waals surface area contributed by atoms with Gasteiger partial charge >= 0.3 is 0 Å². The van der Waals surface area contributed by atoms with Gasteiger partial charge in [0, 0.05) is 39.3 Å². The minimum Gasteiger partial charge on any atom is -0.379 e. The Morgan fingerprint density at radius 2 is 1.60 bits per heavy atom. The SMILES string of the molecule is S=C(NCCN1CCOCC1)NCc1ccc(CN2CCCC2)cc1. The van der Waals surface area contributed by atoms with Gasteiger partial charge in [-0.2, -0.15) is 0 Å². The van der Waals surface area contributed by atoms with Crippen molar-refractivity contribution in [1.82, 2.24) is 20.4 Å². The van der Waals surface area contributed by atoms with Crippen molar-refractivity contribution in [2.75, 3.05) is 52.5 Å². The summed E-state index contributed by atoms with van der Waals surface area (Å²) in [4.78, 5) is 4.93. The zero-order chi connectivity index (χ0) is 17.3. The molecule has 1 aromatic rings. The number of nitrogens with zero attached hydrogens (tertiary/aromatic N) is 2. The van der Waals surface area contributed by atoms with E-state index < -0.39 is 0 Å². The minimum absolute atomic E-state index is 0.731. The second-order valence-corrected chi connectivity index (χ2v) is 7.27. The lowest BCUT2D eigenvalue weighted by Gasteiger charge is -2.26. The van der Waals surface area contributed by atoms with Gasteiger partial charge in [-0.15, -0.1) is 0 Å². The molecule has 2 heterocycles. The number of thiocarbonyl (C=S) groups is 1. The third-order valence-electron chi connectivity index (χ3n) is 4.90. The van der Waals surface area contributed by atoms with Crippen molar-refractivity contribution in [3.8, 4) is 0 Å². The van der Waals surface area contributed by atoms with Crippen LogP contribution in [0.4, 0.5) is 0 Å². The van der Waals surface area contributed by atoms with E-state index in [1.54, 1.807) is 0 Å². The molecule has 0 spiro atoms. The molecule has 0 atom stereocenters. The Kier molecular flexibility index (Phi) is 7.48. The van der Waals surface area contributed by atoms with Crippen LogP contribution in [-0.2, 0) is 17.8 Å². The highest BCUT2D eigenvalue weighted by atomic mass is 32.1. The van der Waals surface area contributed by atoms with Crippen LogP contribution in [0.1, 0.15) is 24.0 Å². The van der Waals surface area contributed by atoms with Gasteiger partial charge in [0.25, 0.3) is 0 Å². The largest absolute Gasteiger partial charge is 0.379 e. The molecule has 6 heteroatoms. The van der Waals surface area contributed by atoms with E-state index in [2.05, 4.69) is 44.7 Å². The van der Waals surface area contributed by atoms with E-state index in [0.717, 1.165) is 57.6 Å². The number of benzene rings is 1. The first-order valence-corrected chi connectivity index (χ1v) is 9.82. The molecule has 1 aromatic carbocycles. The highest BCUT2D eigenvalue weighted by Gasteiger charge is 2.11. The highest BCUT2D eigenvalue weighted by molar-refractivity contribution is 7.80. The fourth-order valence-corrected chi connectivity index (χ4v) is 3.53. The van der Waals surface area contributed by atoms with E-state index in [4.69, 9.17) is 17.0 Å². The average Bonchev–Trinajstić information content (AvgIpc) is 3.15. The number of nitrogens with one attached hydrogen (secondary N) is 2. The fraction of sp³-hybridized carbons (Fsp3) is 0.632. The summed E-state index contributed by atoms with van der Waals surface area (Å²) in [6, 6.07) is 8.89. The lowest BCUT2D eigenvalue weighted by atomic mass is 10.1. The number of ether oxygens (including phenoxy) is 1. The Morgan fingerprint density at radius 1 is 0.920 bits per heavy atom. The van der Waals surface area contributed by atoms with Crippen molar-refractivity contribution in [2.45, 2.75) is 25.9 Å². The summed E-state index contributed by atoms with van der Waals surface area (Å²) in [6.45, 7) is 9.95. The summed E-state index contributed by atoms with van der Waals surface area (Å²) in [5, 5.41) is 7.32. The lowest BCUT2D eigenvalue weighted by molar-refractivity contribution is 0.0389. The first-order valence-electron chi connectivity index (χ1n) is 9.41. The molecule has 0 amide bonds. The summed E-state index contributed by atoms with van der Waals surface area (Å²) >= 11 is 5.37. The van der Waals surface area contributed by atoms with Gasteiger partial charge in [-0.05, 0) is 49.3 Å². The topological polar surface area (TPSA) is 39.8 Å². The van der Waals surface area contributed by atoms with Crippen LogP contribution in [-0.4, -0.2) is 67.4 Å². The molecule has 2 saturated heterocycles. The van der Waals surface area contributed by atoms with Gasteiger partial charge in [-0.1, -0.05) is 24.3 Å². The number of hydrogen-bond acceptors (Lipinski definition) is 4. The monoisotopic (exact) mass is 362 g/mol. The molecule has 0 saturated carbocycles. The lowest BCUT2D eigenvalue weighted by Crippen LogP contribution is -2.43. The summed E-state index contributed by atoms with van der Waals surface area (Å²) < 4.78 is 5.36. The van der Waals surface area contributed by atoms with Crippen LogP contribution in [0, 0.1) is 0 Å². The van der Waals surface area contributed by atoms with E-state index in [0.29, 0.717) is 0 Å². The van der Waals surface area contributed by atoms with E-state index in [-0.39, 0.29) is 0 Å². The maximum Gasteiger partial charge on any atom is 0.166 e. The molecule has 0 bridgehead atoms. The molecule has 0 aliphatic carbocycles. The first kappa shape index (κ1) is 18.6. The third kappa shape index (κ3) is 6.55. The number of morpholine rings is 1. The predicted octanol–water partition coefficient (Wildman–Crippen LogP) is 1.58. The molecule has 2 aliphatic rings. The normalized spacial score (nSPS) is 19.0. The van der Waals surface area contributed by atoms with E-state index >= 15 is 0 Å². The van der Waals surface area contributed by atoms with Gasteiger partial charge in [-0.25, -0.2) is 0 Å². The molecule has 138 valence electrons. The second kappa shape index (κ2) is 10.1. The summed E-state index contributed by atoms with van der Waals surface area (Å²) in [6.07, 6.45) is 2.69. The second-order valence-electron chi connectivity index (χ2n) is 6.86. The third-order valence-corrected chi connectivity index (χ3v) is 5.19. The number of likely N-dealkylation sites (tertiary alicyclic amines) is 1. The van der Waals surface area contributed by atoms with Gasteiger partial charge in [-0.3, -0.25) is 9.80 Å². The molecule has 2 fully saturated rings. The molecule has 0 aromatic heterocycles. The fourth-order valence-electron chi connectivity index (χ4n) is 3.36. The van der Waals surface area contributed by atoms with Gasteiger partial charge in [0.15, 0.2) is 5.11 Å². The van der Waals surface area contributed by atoms with Crippen LogP contribution < -0.4 is 10.6 Å². The van der Waals surface area contributed by atoms with E-state index in [1.165, 1.54) is 37.1 Å². The standard InChI is InChI=1S/C19H30N4OS/c25-19(20-7-10-22-11-13-24-14-12-22)21-15-17-3-5-18(6-4-17)16-23-8-1-2-9-23/h3-6H,1-2,7-16H2,(H2,20,21,25). The van der Waals surface area contributed by atoms with Crippen LogP contribution >= 0.6 is 12.2 Å². The Bertz CT molecular complexity index is 525. The van der Waals surface area contributed by atoms with E-state index in [9.17, 15) is 0 Å². The first-order chi connectivity index (χ1) is 12.3. The summed E-state index contributed by atoms with van der Waals surface area (Å²) in [5.41, 5.74) is 2.67. The van der Waals surface area contributed by atoms with Crippen molar-refractivity contribution in [3.63, 3.8) is 0 Å². The maximum atomic E-state index is 5.37. The van der Waals surface area contributed by atoms with Crippen LogP contribution in [0.25, 0.3) is 0 Å². The van der Waals surface area contributed by atoms with Crippen molar-refractivity contribution in [3.05, 3.63) is 35.4 Å². The Morgan fingerprint density at radius 3 is 2.32 bits per heavy atom. The molecular formula is C19H30N4OS. The molecule has 3 rings (SSSR count). The van der Waals surface area contributed by atoms with Crippen LogP contribution in [0.2, 0.25) is 0 Å². The Hall–Kier alpha value is -1.21. The predicted molar refractivity (Wildman–Crippen MR) is 106 cm³/mol. The summed E-state index contributed by atoms with van der Waals surface area (Å²) in [5.74, 6) is 0. The van der Waals surface area contributed by atoms with Crippen LogP contribution in [0.5, 0.6) is 0 Å². The van der Waals surface area contributed by atoms with Gasteiger partial charge in [0.1, 0.15) is 0 Å². The van der Waals surface area contributed by atoms with Crippen LogP contribution in [0.15, 0.2) is 24.3 Å². The molecular weight excluding hydrogens is 332 g/mol. The zero-order valence-corrected chi connectivity index (χ0v) is 15.8. The Balaban J connectivity index is 1.31. The van der Waals surface area contributed by atoms with Gasteiger partial charge < -0.3 is 15.4 Å². The van der Waals surface area contributed by atoms with Crippen molar-refractivity contribution < 1.29 is 4.74 Å². The maximum absolute atomic E-state index is 5.37. The van der Waals surface area contributed by atoms with Gasteiger partial charge in [0.05, 0.1) is 13.2 Å². The zero-order valence-electron chi connectivity index (χ0n) is 15.0. The highest BCUT2D eigenvalue weighted by Crippen LogP contribution is 2.13. The van der Waals surface area contributed by atoms with Crippen molar-refractivity contribution in [1.29, 1.82) is 0 Å². The summed E-state index contributed by atoms with van der Waals surface area (Å²) in [7, 11) is 0. The molecule has 0 radical (unpaired) electrons.